The molecule has 2 aromatic carbocycles. The summed E-state index contributed by atoms with van der Waals surface area (Å²) in [6.07, 6.45) is 1.40. The van der Waals surface area contributed by atoms with Gasteiger partial charge >= 0.3 is 0 Å². The normalized spacial score (nSPS) is 11.2. The summed E-state index contributed by atoms with van der Waals surface area (Å²) in [6, 6.07) is 12.1. The summed E-state index contributed by atoms with van der Waals surface area (Å²) in [4.78, 5) is 36.1. The molecule has 0 bridgehead atoms. The molecule has 2 aromatic heterocycles. The molecule has 2 heterocycles. The first-order valence-electron chi connectivity index (χ1n) is 7.24. The number of nitrogens with one attached hydrogen (secondary N) is 1. The molecule has 0 saturated heterocycles. The second-order valence-corrected chi connectivity index (χ2v) is 5.81. The SMILES string of the molecule is O=c1[nH]c2ccccc2nc1Cn1cnc2cc(Cl)ccc2c1=O. The monoisotopic (exact) mass is 338 g/mol. The van der Waals surface area contributed by atoms with Crippen LogP contribution < -0.4 is 11.1 Å². The van der Waals surface area contributed by atoms with Crippen LogP contribution in [0.1, 0.15) is 5.69 Å². The Hall–Kier alpha value is -2.99. The Kier molecular flexibility index (Phi) is 3.39. The average molecular weight is 339 g/mol. The van der Waals surface area contributed by atoms with Gasteiger partial charge in [-0.15, -0.1) is 0 Å². The summed E-state index contributed by atoms with van der Waals surface area (Å²) >= 11 is 5.91. The van der Waals surface area contributed by atoms with Crippen molar-refractivity contribution in [3.63, 3.8) is 0 Å². The molecule has 6 nitrogen and oxygen atoms in total. The molecule has 1 N–H and O–H groups in total. The quantitative estimate of drug-likeness (QED) is 0.608. The minimum absolute atomic E-state index is 0.0462. The molecular weight excluding hydrogens is 328 g/mol. The zero-order valence-corrected chi connectivity index (χ0v) is 13.1. The summed E-state index contributed by atoms with van der Waals surface area (Å²) in [7, 11) is 0. The number of nitrogens with zero attached hydrogens (tertiary/aromatic N) is 3. The molecule has 0 amide bonds. The Morgan fingerprint density at radius 1 is 1.08 bits per heavy atom. The summed E-state index contributed by atoms with van der Waals surface area (Å²) in [5.74, 6) is 0. The molecule has 4 rings (SSSR count). The van der Waals surface area contributed by atoms with Gasteiger partial charge in [-0.2, -0.15) is 0 Å². The van der Waals surface area contributed by atoms with Crippen LogP contribution in [0, 0.1) is 0 Å². The van der Waals surface area contributed by atoms with Gasteiger partial charge in [-0.05, 0) is 30.3 Å². The molecule has 0 unspecified atom stereocenters. The lowest BCUT2D eigenvalue weighted by Gasteiger charge is -2.07. The minimum Gasteiger partial charge on any atom is -0.319 e. The number of aromatic nitrogens is 4. The smallest absolute Gasteiger partial charge is 0.272 e. The number of rotatable bonds is 2. The molecule has 7 heteroatoms. The van der Waals surface area contributed by atoms with Gasteiger partial charge in [0.05, 0.1) is 34.8 Å². The molecule has 0 fully saturated rings. The van der Waals surface area contributed by atoms with E-state index in [1.165, 1.54) is 10.9 Å². The third-order valence-electron chi connectivity index (χ3n) is 3.78. The predicted octanol–water partition coefficient (Wildman–Crippen LogP) is 2.33. The van der Waals surface area contributed by atoms with Crippen LogP contribution in [0.15, 0.2) is 58.4 Å². The van der Waals surface area contributed by atoms with Crippen molar-refractivity contribution in [1.82, 2.24) is 19.5 Å². The number of hydrogen-bond donors (Lipinski definition) is 1. The minimum atomic E-state index is -0.322. The van der Waals surface area contributed by atoms with E-state index in [0.717, 1.165) is 0 Å². The summed E-state index contributed by atoms with van der Waals surface area (Å²) in [5.41, 5.74) is 1.53. The van der Waals surface area contributed by atoms with E-state index in [0.29, 0.717) is 27.0 Å². The van der Waals surface area contributed by atoms with Crippen LogP contribution in [0.4, 0.5) is 0 Å². The topological polar surface area (TPSA) is 80.6 Å². The summed E-state index contributed by atoms with van der Waals surface area (Å²) in [5, 5.41) is 0.957. The van der Waals surface area contributed by atoms with Gasteiger partial charge in [0.1, 0.15) is 5.69 Å². The fraction of sp³-hybridized carbons (Fsp3) is 0.0588. The molecule has 0 atom stereocenters. The zero-order chi connectivity index (χ0) is 16.7. The maximum atomic E-state index is 12.6. The van der Waals surface area contributed by atoms with Crippen LogP contribution in [0.3, 0.4) is 0 Å². The van der Waals surface area contributed by atoms with E-state index >= 15 is 0 Å². The first-order chi connectivity index (χ1) is 11.6. The standard InChI is InChI=1S/C17H11ClN4O2/c18-10-5-6-11-14(7-10)19-9-22(17(11)24)8-15-16(23)21-13-4-2-1-3-12(13)20-15/h1-7,9H,8H2,(H,21,23). The molecule has 0 spiro atoms. The largest absolute Gasteiger partial charge is 0.319 e. The number of benzene rings is 2. The molecular formula is C17H11ClN4O2. The zero-order valence-electron chi connectivity index (χ0n) is 12.4. The molecule has 0 aliphatic rings. The van der Waals surface area contributed by atoms with Gasteiger partial charge in [0.15, 0.2) is 0 Å². The van der Waals surface area contributed by atoms with Crippen molar-refractivity contribution in [3.05, 3.63) is 80.2 Å². The van der Waals surface area contributed by atoms with E-state index in [1.54, 1.807) is 30.3 Å². The third kappa shape index (κ3) is 2.47. The molecule has 0 radical (unpaired) electrons. The lowest BCUT2D eigenvalue weighted by molar-refractivity contribution is 0.723. The molecule has 0 saturated carbocycles. The highest BCUT2D eigenvalue weighted by atomic mass is 35.5. The number of halogens is 1. The summed E-state index contributed by atoms with van der Waals surface area (Å²) in [6.45, 7) is 0.0462. The fourth-order valence-electron chi connectivity index (χ4n) is 2.58. The van der Waals surface area contributed by atoms with Crippen molar-refractivity contribution < 1.29 is 0 Å². The van der Waals surface area contributed by atoms with Gasteiger partial charge in [0.25, 0.3) is 11.1 Å². The second-order valence-electron chi connectivity index (χ2n) is 5.37. The number of para-hydroxylation sites is 2. The van der Waals surface area contributed by atoms with Gasteiger partial charge in [0, 0.05) is 5.02 Å². The fourth-order valence-corrected chi connectivity index (χ4v) is 2.75. The highest BCUT2D eigenvalue weighted by Gasteiger charge is 2.09. The van der Waals surface area contributed by atoms with Crippen LogP contribution in [0.2, 0.25) is 5.02 Å². The second kappa shape index (κ2) is 5.58. The van der Waals surface area contributed by atoms with Crippen LogP contribution >= 0.6 is 11.6 Å². The Bertz CT molecular complexity index is 1200. The Morgan fingerprint density at radius 2 is 1.92 bits per heavy atom. The van der Waals surface area contributed by atoms with Crippen molar-refractivity contribution >= 4 is 33.5 Å². The van der Waals surface area contributed by atoms with Gasteiger partial charge in [0.2, 0.25) is 0 Å². The molecule has 0 aliphatic heterocycles. The van der Waals surface area contributed by atoms with Crippen LogP contribution in [-0.2, 0) is 6.54 Å². The lowest BCUT2D eigenvalue weighted by atomic mass is 10.2. The lowest BCUT2D eigenvalue weighted by Crippen LogP contribution is -2.26. The van der Waals surface area contributed by atoms with E-state index in [-0.39, 0.29) is 23.4 Å². The van der Waals surface area contributed by atoms with E-state index in [2.05, 4.69) is 15.0 Å². The van der Waals surface area contributed by atoms with Gasteiger partial charge in [-0.1, -0.05) is 23.7 Å². The maximum Gasteiger partial charge on any atom is 0.272 e. The van der Waals surface area contributed by atoms with Crippen molar-refractivity contribution in [2.45, 2.75) is 6.54 Å². The van der Waals surface area contributed by atoms with Crippen molar-refractivity contribution in [2.75, 3.05) is 0 Å². The van der Waals surface area contributed by atoms with E-state index in [1.807, 2.05) is 12.1 Å². The number of aromatic amines is 1. The van der Waals surface area contributed by atoms with E-state index < -0.39 is 0 Å². The van der Waals surface area contributed by atoms with E-state index in [9.17, 15) is 9.59 Å². The Labute approximate surface area is 140 Å². The Balaban J connectivity index is 1.83. The molecule has 24 heavy (non-hydrogen) atoms. The highest BCUT2D eigenvalue weighted by molar-refractivity contribution is 6.31. The number of hydrogen-bond acceptors (Lipinski definition) is 4. The van der Waals surface area contributed by atoms with Gasteiger partial charge < -0.3 is 4.98 Å². The predicted molar refractivity (Wildman–Crippen MR) is 92.5 cm³/mol. The van der Waals surface area contributed by atoms with E-state index in [4.69, 9.17) is 11.6 Å². The van der Waals surface area contributed by atoms with Crippen molar-refractivity contribution in [2.24, 2.45) is 0 Å². The van der Waals surface area contributed by atoms with Gasteiger partial charge in [-0.3, -0.25) is 14.2 Å². The van der Waals surface area contributed by atoms with Crippen molar-refractivity contribution in [3.8, 4) is 0 Å². The first kappa shape index (κ1) is 14.6. The first-order valence-corrected chi connectivity index (χ1v) is 7.62. The Morgan fingerprint density at radius 3 is 2.79 bits per heavy atom. The van der Waals surface area contributed by atoms with Crippen LogP contribution in [0.5, 0.6) is 0 Å². The molecule has 118 valence electrons. The maximum absolute atomic E-state index is 12.6. The number of fused-ring (bicyclic) bond motifs is 2. The molecule has 4 aromatic rings. The van der Waals surface area contributed by atoms with Crippen LogP contribution in [0.25, 0.3) is 21.9 Å². The summed E-state index contributed by atoms with van der Waals surface area (Å²) < 4.78 is 1.36. The highest BCUT2D eigenvalue weighted by Crippen LogP contribution is 2.14. The van der Waals surface area contributed by atoms with Gasteiger partial charge in [-0.25, -0.2) is 9.97 Å². The number of H-pyrrole nitrogens is 1. The molecule has 0 aliphatic carbocycles. The average Bonchev–Trinajstić information content (AvgIpc) is 2.58. The van der Waals surface area contributed by atoms with Crippen LogP contribution in [-0.4, -0.2) is 19.5 Å². The third-order valence-corrected chi connectivity index (χ3v) is 4.01. The van der Waals surface area contributed by atoms with Crippen molar-refractivity contribution in [1.29, 1.82) is 0 Å².